The summed E-state index contributed by atoms with van der Waals surface area (Å²) in [5.41, 5.74) is 0. The molecule has 0 radical (unpaired) electrons. The number of hydrogen-bond donors (Lipinski definition) is 3. The molecule has 1 saturated heterocycles. The maximum absolute atomic E-state index is 12.3. The van der Waals surface area contributed by atoms with E-state index in [1.807, 2.05) is 4.90 Å². The summed E-state index contributed by atoms with van der Waals surface area (Å²) in [6.45, 7) is 0.460. The fourth-order valence-corrected chi connectivity index (χ4v) is 3.50. The van der Waals surface area contributed by atoms with Crippen LogP contribution >= 0.6 is 0 Å². The number of likely N-dealkylation sites (tertiary alicyclic amines) is 1. The zero-order chi connectivity index (χ0) is 14.5. The smallest absolute Gasteiger partial charge is 0.326 e. The van der Waals surface area contributed by atoms with Crippen LogP contribution in [0.25, 0.3) is 0 Å². The molecule has 0 aromatic heterocycles. The van der Waals surface area contributed by atoms with Crippen molar-refractivity contribution < 1.29 is 19.8 Å². The Morgan fingerprint density at radius 3 is 2.50 bits per heavy atom. The molecule has 2 atom stereocenters. The lowest BCUT2D eigenvalue weighted by molar-refractivity contribution is -0.139. The number of rotatable bonds is 5. The Morgan fingerprint density at radius 2 is 1.90 bits per heavy atom. The van der Waals surface area contributed by atoms with Gasteiger partial charge in [0.2, 0.25) is 0 Å². The van der Waals surface area contributed by atoms with Gasteiger partial charge < -0.3 is 20.4 Å². The third-order valence-electron chi connectivity index (χ3n) is 4.52. The van der Waals surface area contributed by atoms with Gasteiger partial charge in [-0.25, -0.2) is 9.59 Å². The lowest BCUT2D eigenvalue weighted by Crippen LogP contribution is -2.51. The van der Waals surface area contributed by atoms with Gasteiger partial charge in [0.1, 0.15) is 6.04 Å². The van der Waals surface area contributed by atoms with E-state index in [0.29, 0.717) is 12.5 Å². The summed E-state index contributed by atoms with van der Waals surface area (Å²) in [5, 5.41) is 20.4. The summed E-state index contributed by atoms with van der Waals surface area (Å²) in [6, 6.07) is -1.03. The zero-order valence-corrected chi connectivity index (χ0v) is 11.8. The largest absolute Gasteiger partial charge is 0.480 e. The van der Waals surface area contributed by atoms with Crippen molar-refractivity contribution in [3.63, 3.8) is 0 Å². The standard InChI is InChI=1S/C14H24N2O4/c17-9-7-11(13(18)19)15-14(20)16-8-3-6-12(16)10-4-1-2-5-10/h10-12,17H,1-9H2,(H,15,20)(H,18,19). The number of nitrogens with zero attached hydrogens (tertiary/aromatic N) is 1. The third kappa shape index (κ3) is 3.42. The van der Waals surface area contributed by atoms with Gasteiger partial charge in [0, 0.05) is 25.6 Å². The minimum absolute atomic E-state index is 0.0447. The molecule has 2 unspecified atom stereocenters. The summed E-state index contributed by atoms with van der Waals surface area (Å²) in [5.74, 6) is -0.520. The topological polar surface area (TPSA) is 89.9 Å². The Morgan fingerprint density at radius 1 is 1.20 bits per heavy atom. The minimum Gasteiger partial charge on any atom is -0.480 e. The van der Waals surface area contributed by atoms with E-state index in [1.54, 1.807) is 0 Å². The summed E-state index contributed by atoms with van der Waals surface area (Å²) in [6.07, 6.45) is 6.88. The molecule has 1 saturated carbocycles. The van der Waals surface area contributed by atoms with Crippen molar-refractivity contribution in [1.82, 2.24) is 10.2 Å². The molecule has 1 aliphatic carbocycles. The molecule has 0 aromatic carbocycles. The number of carbonyl (C=O) groups is 2. The Hall–Kier alpha value is -1.30. The highest BCUT2D eigenvalue weighted by Crippen LogP contribution is 2.35. The lowest BCUT2D eigenvalue weighted by Gasteiger charge is -2.30. The number of carbonyl (C=O) groups excluding carboxylic acids is 1. The first kappa shape index (κ1) is 15.1. The molecule has 2 fully saturated rings. The van der Waals surface area contributed by atoms with Gasteiger partial charge in [-0.15, -0.1) is 0 Å². The highest BCUT2D eigenvalue weighted by Gasteiger charge is 2.36. The van der Waals surface area contributed by atoms with Crippen molar-refractivity contribution >= 4 is 12.0 Å². The molecule has 20 heavy (non-hydrogen) atoms. The molecule has 3 N–H and O–H groups in total. The van der Waals surface area contributed by atoms with E-state index in [4.69, 9.17) is 10.2 Å². The molecular formula is C14H24N2O4. The fourth-order valence-electron chi connectivity index (χ4n) is 3.50. The molecule has 114 valence electrons. The molecule has 0 aromatic rings. The van der Waals surface area contributed by atoms with Crippen LogP contribution in [0.1, 0.15) is 44.9 Å². The van der Waals surface area contributed by atoms with E-state index in [1.165, 1.54) is 25.7 Å². The van der Waals surface area contributed by atoms with Crippen LogP contribution in [0.15, 0.2) is 0 Å². The Bertz CT molecular complexity index is 355. The average Bonchev–Trinajstić information content (AvgIpc) is 3.08. The van der Waals surface area contributed by atoms with Crippen LogP contribution in [0.4, 0.5) is 4.79 Å². The highest BCUT2D eigenvalue weighted by molar-refractivity contribution is 5.82. The number of aliphatic hydroxyl groups is 1. The first-order chi connectivity index (χ1) is 9.63. The first-order valence-corrected chi connectivity index (χ1v) is 7.54. The number of aliphatic hydroxyl groups excluding tert-OH is 1. The number of aliphatic carboxylic acids is 1. The minimum atomic E-state index is -1.09. The normalized spacial score (nSPS) is 24.9. The summed E-state index contributed by atoms with van der Waals surface area (Å²) < 4.78 is 0. The van der Waals surface area contributed by atoms with Gasteiger partial charge in [-0.3, -0.25) is 0 Å². The van der Waals surface area contributed by atoms with Gasteiger partial charge in [0.05, 0.1) is 0 Å². The van der Waals surface area contributed by atoms with Crippen LogP contribution in [0.3, 0.4) is 0 Å². The van der Waals surface area contributed by atoms with Crippen molar-refractivity contribution in [1.29, 1.82) is 0 Å². The van der Waals surface area contributed by atoms with Crippen LogP contribution < -0.4 is 5.32 Å². The monoisotopic (exact) mass is 284 g/mol. The van der Waals surface area contributed by atoms with Gasteiger partial charge in [-0.2, -0.15) is 0 Å². The van der Waals surface area contributed by atoms with Crippen molar-refractivity contribution in [2.75, 3.05) is 13.2 Å². The van der Waals surface area contributed by atoms with Crippen molar-refractivity contribution in [3.8, 4) is 0 Å². The van der Waals surface area contributed by atoms with Crippen LogP contribution in [-0.2, 0) is 4.79 Å². The summed E-state index contributed by atoms with van der Waals surface area (Å²) in [7, 11) is 0. The molecule has 0 bridgehead atoms. The van der Waals surface area contributed by atoms with Crippen LogP contribution in [0, 0.1) is 5.92 Å². The number of carboxylic acids is 1. The lowest BCUT2D eigenvalue weighted by atomic mass is 9.96. The predicted octanol–water partition coefficient (Wildman–Crippen LogP) is 1.19. The molecule has 2 rings (SSSR count). The second-order valence-electron chi connectivity index (χ2n) is 5.80. The number of urea groups is 1. The number of amides is 2. The zero-order valence-electron chi connectivity index (χ0n) is 11.8. The second-order valence-corrected chi connectivity index (χ2v) is 5.80. The molecule has 6 heteroatoms. The molecular weight excluding hydrogens is 260 g/mol. The van der Waals surface area contributed by atoms with Gasteiger partial charge in [0.15, 0.2) is 0 Å². The van der Waals surface area contributed by atoms with Gasteiger partial charge >= 0.3 is 12.0 Å². The summed E-state index contributed by atoms with van der Waals surface area (Å²) >= 11 is 0. The number of nitrogens with one attached hydrogen (secondary N) is 1. The maximum atomic E-state index is 12.3. The molecule has 0 spiro atoms. The number of carboxylic acid groups (broad SMARTS) is 1. The molecule has 2 aliphatic rings. The van der Waals surface area contributed by atoms with E-state index in [2.05, 4.69) is 5.32 Å². The molecule has 6 nitrogen and oxygen atoms in total. The first-order valence-electron chi connectivity index (χ1n) is 7.54. The molecule has 1 aliphatic heterocycles. The third-order valence-corrected chi connectivity index (χ3v) is 4.52. The van der Waals surface area contributed by atoms with Gasteiger partial charge in [-0.1, -0.05) is 12.8 Å². The van der Waals surface area contributed by atoms with Crippen molar-refractivity contribution in [2.45, 2.75) is 57.0 Å². The SMILES string of the molecule is O=C(O)C(CCO)NC(=O)N1CCCC1C1CCCC1. The quantitative estimate of drug-likeness (QED) is 0.707. The van der Waals surface area contributed by atoms with Crippen LogP contribution in [0.2, 0.25) is 0 Å². The summed E-state index contributed by atoms with van der Waals surface area (Å²) in [4.78, 5) is 25.1. The van der Waals surface area contributed by atoms with E-state index < -0.39 is 12.0 Å². The van der Waals surface area contributed by atoms with E-state index >= 15 is 0 Å². The van der Waals surface area contributed by atoms with Crippen LogP contribution in [0.5, 0.6) is 0 Å². The van der Waals surface area contributed by atoms with Crippen LogP contribution in [-0.4, -0.2) is 52.3 Å². The van der Waals surface area contributed by atoms with E-state index in [9.17, 15) is 9.59 Å². The average molecular weight is 284 g/mol. The Kier molecular flexibility index (Phi) is 5.23. The Labute approximate surface area is 119 Å². The van der Waals surface area contributed by atoms with E-state index in [-0.39, 0.29) is 25.1 Å². The maximum Gasteiger partial charge on any atom is 0.326 e. The molecule has 2 amide bonds. The fraction of sp³-hybridized carbons (Fsp3) is 0.857. The Balaban J connectivity index is 1.94. The molecule has 1 heterocycles. The second kappa shape index (κ2) is 6.92. The van der Waals surface area contributed by atoms with Crippen molar-refractivity contribution in [2.24, 2.45) is 5.92 Å². The van der Waals surface area contributed by atoms with Gasteiger partial charge in [-0.05, 0) is 31.6 Å². The van der Waals surface area contributed by atoms with E-state index in [0.717, 1.165) is 12.8 Å². The number of hydrogen-bond acceptors (Lipinski definition) is 3. The highest BCUT2D eigenvalue weighted by atomic mass is 16.4. The van der Waals surface area contributed by atoms with Gasteiger partial charge in [0.25, 0.3) is 0 Å². The van der Waals surface area contributed by atoms with Crippen molar-refractivity contribution in [3.05, 3.63) is 0 Å². The predicted molar refractivity (Wildman–Crippen MR) is 73.3 cm³/mol.